The first-order valence-electron chi connectivity index (χ1n) is 25.8. The van der Waals surface area contributed by atoms with E-state index in [1.165, 1.54) is 0 Å². The summed E-state index contributed by atoms with van der Waals surface area (Å²) in [6.07, 6.45) is 21.6. The molecule has 0 atom stereocenters. The molecule has 0 aliphatic rings. The minimum atomic E-state index is 0. The number of aryl methyl sites for hydroxylation is 8. The summed E-state index contributed by atoms with van der Waals surface area (Å²) in [4.78, 5) is 0. The predicted octanol–water partition coefficient (Wildman–Crippen LogP) is 11.2. The molecule has 6 aromatic rings. The highest BCUT2D eigenvalue weighted by atomic mass is 16.5. The molecular formula is C55H118N18O4. The summed E-state index contributed by atoms with van der Waals surface area (Å²) in [5.41, 5.74) is 6.23. The predicted molar refractivity (Wildman–Crippen MR) is 319 cm³/mol. The van der Waals surface area contributed by atoms with Crippen molar-refractivity contribution in [1.29, 1.82) is 0 Å². The second kappa shape index (κ2) is 58.4. The van der Waals surface area contributed by atoms with Crippen molar-refractivity contribution in [1.82, 2.24) is 90.0 Å². The van der Waals surface area contributed by atoms with Gasteiger partial charge in [0, 0.05) is 103 Å². The molecule has 0 radical (unpaired) electrons. The molecule has 0 spiro atoms. The maximum absolute atomic E-state index is 5.35. The van der Waals surface area contributed by atoms with Crippen molar-refractivity contribution >= 4 is 0 Å². The Balaban J connectivity index is -0.000000151. The third kappa shape index (κ3) is 42.4. The van der Waals surface area contributed by atoms with E-state index in [0.717, 1.165) is 190 Å². The number of rotatable bonds is 28. The molecule has 0 aliphatic heterocycles. The first-order chi connectivity index (χ1) is 34.2. The summed E-state index contributed by atoms with van der Waals surface area (Å²) in [5.74, 6) is 0. The van der Waals surface area contributed by atoms with Gasteiger partial charge >= 0.3 is 0 Å². The molecule has 452 valence electrons. The van der Waals surface area contributed by atoms with Crippen LogP contribution in [0.1, 0.15) is 195 Å². The summed E-state index contributed by atoms with van der Waals surface area (Å²) in [6, 6.07) is 0. The fourth-order valence-corrected chi connectivity index (χ4v) is 5.40. The lowest BCUT2D eigenvalue weighted by Gasteiger charge is -2.00. The van der Waals surface area contributed by atoms with E-state index in [-0.39, 0.29) is 52.0 Å². The van der Waals surface area contributed by atoms with Gasteiger partial charge in [-0.25, -0.2) is 9.36 Å². The smallest absolute Gasteiger partial charge is 0.0850 e. The Labute approximate surface area is 470 Å². The highest BCUT2D eigenvalue weighted by molar-refractivity contribution is 4.94. The summed E-state index contributed by atoms with van der Waals surface area (Å²) >= 11 is 0. The molecule has 0 saturated heterocycles. The maximum Gasteiger partial charge on any atom is 0.0850 e. The van der Waals surface area contributed by atoms with Gasteiger partial charge in [-0.15, -0.1) is 30.6 Å². The second-order valence-corrected chi connectivity index (χ2v) is 15.6. The van der Waals surface area contributed by atoms with Gasteiger partial charge in [-0.3, -0.25) is 18.7 Å². The van der Waals surface area contributed by atoms with Crippen LogP contribution >= 0.6 is 0 Å². The van der Waals surface area contributed by atoms with Gasteiger partial charge in [0.25, 0.3) is 0 Å². The number of ether oxygens (including phenoxy) is 4. The molecule has 0 saturated carbocycles. The average molecular weight is 1100 g/mol. The largest absolute Gasteiger partial charge is 0.381 e. The zero-order chi connectivity index (χ0) is 51.5. The van der Waals surface area contributed by atoms with E-state index in [1.807, 2.05) is 93.0 Å². The number of hydrogen-bond acceptors (Lipinski definition) is 16. The lowest BCUT2D eigenvalue weighted by Crippen LogP contribution is -2.06. The van der Waals surface area contributed by atoms with Crippen molar-refractivity contribution in [3.05, 3.63) is 71.3 Å². The van der Waals surface area contributed by atoms with Crippen LogP contribution in [-0.2, 0) is 96.7 Å². The Hall–Kier alpha value is -5.32. The van der Waals surface area contributed by atoms with E-state index in [1.54, 1.807) is 0 Å². The van der Waals surface area contributed by atoms with Crippen LogP contribution in [0, 0.1) is 0 Å². The van der Waals surface area contributed by atoms with Crippen molar-refractivity contribution in [2.45, 2.75) is 239 Å². The molecule has 0 fully saturated rings. The molecule has 6 aromatic heterocycles. The van der Waals surface area contributed by atoms with E-state index in [4.69, 9.17) is 18.9 Å². The first-order valence-corrected chi connectivity index (χ1v) is 25.8. The normalized spacial score (nSPS) is 9.51. The Morgan fingerprint density at radius 2 is 0.481 bits per heavy atom. The molecule has 77 heavy (non-hydrogen) atoms. The van der Waals surface area contributed by atoms with Crippen LogP contribution in [0.4, 0.5) is 0 Å². The Morgan fingerprint density at radius 1 is 0.273 bits per heavy atom. The fraction of sp³-hybridized carbons (Fsp3) is 0.782. The number of aromatic nitrogens is 18. The number of hydrogen-bond donors (Lipinski definition) is 0. The number of nitrogens with zero attached hydrogens (tertiary/aromatic N) is 18. The molecule has 0 amide bonds. The summed E-state index contributed by atoms with van der Waals surface area (Å²) in [6.45, 7) is 36.3. The fourth-order valence-electron chi connectivity index (χ4n) is 5.40. The lowest BCUT2D eigenvalue weighted by atomic mass is 10.3. The molecule has 6 heterocycles. The van der Waals surface area contributed by atoms with Crippen LogP contribution in [0.2, 0.25) is 0 Å². The van der Waals surface area contributed by atoms with E-state index >= 15 is 0 Å². The molecule has 0 N–H and O–H groups in total. The van der Waals surface area contributed by atoms with Crippen molar-refractivity contribution in [2.24, 2.45) is 0 Å². The quantitative estimate of drug-likeness (QED) is 0.0417. The van der Waals surface area contributed by atoms with Gasteiger partial charge in [0.2, 0.25) is 0 Å². The third-order valence-corrected chi connectivity index (χ3v) is 9.59. The van der Waals surface area contributed by atoms with Crippen LogP contribution in [0.5, 0.6) is 0 Å². The van der Waals surface area contributed by atoms with Gasteiger partial charge in [-0.1, -0.05) is 139 Å². The molecule has 0 bridgehead atoms. The summed E-state index contributed by atoms with van der Waals surface area (Å²) < 4.78 is 32.4. The zero-order valence-electron chi connectivity index (χ0n) is 45.1. The Kier molecular flexibility index (Phi) is 64.9. The molecule has 6 rings (SSSR count). The Morgan fingerprint density at radius 3 is 0.688 bits per heavy atom. The molecular weight excluding hydrogens is 977 g/mol. The molecule has 0 aliphatic carbocycles. The maximum atomic E-state index is 5.35. The highest BCUT2D eigenvalue weighted by Crippen LogP contribution is 1.98. The van der Waals surface area contributed by atoms with E-state index in [9.17, 15) is 0 Å². The minimum absolute atomic E-state index is 0. The van der Waals surface area contributed by atoms with Gasteiger partial charge in [-0.05, 0) is 79.1 Å². The molecule has 0 aromatic carbocycles. The van der Waals surface area contributed by atoms with E-state index < -0.39 is 0 Å². The summed E-state index contributed by atoms with van der Waals surface area (Å²) in [7, 11) is 0. The van der Waals surface area contributed by atoms with E-state index in [0.29, 0.717) is 0 Å². The van der Waals surface area contributed by atoms with Crippen LogP contribution in [0.3, 0.4) is 0 Å². The van der Waals surface area contributed by atoms with Crippen molar-refractivity contribution in [2.75, 3.05) is 52.9 Å². The van der Waals surface area contributed by atoms with Crippen LogP contribution in [-0.4, -0.2) is 143 Å². The highest BCUT2D eigenvalue weighted by Gasteiger charge is 2.01. The standard InChI is InChI=1S/4C9H17N3O.2C6H11N3.7CH4/c2*1-3-6-13-7-5-9-8-12(4-2)11-10-9;2*1-3-6-13-7-5-12-8-9(4-2)10-11-12;2*1-3-6-5-9(4-2)8-7-6;;;;;;;/h4*8H,3-7H2,1-2H3;2*5H,3-4H2,1-2H3;7*1H4. The van der Waals surface area contributed by atoms with Gasteiger partial charge in [0.15, 0.2) is 0 Å². The average Bonchev–Trinajstić information content (AvgIpc) is 4.28. The molecule has 22 nitrogen and oxygen atoms in total. The topological polar surface area (TPSA) is 221 Å². The van der Waals surface area contributed by atoms with Crippen molar-refractivity contribution < 1.29 is 18.9 Å². The lowest BCUT2D eigenvalue weighted by molar-refractivity contribution is 0.124. The van der Waals surface area contributed by atoms with Gasteiger partial charge in [0.05, 0.1) is 73.7 Å². The van der Waals surface area contributed by atoms with Gasteiger partial charge in [-0.2, -0.15) is 0 Å². The second-order valence-electron chi connectivity index (χ2n) is 15.6. The van der Waals surface area contributed by atoms with Crippen LogP contribution in [0.25, 0.3) is 0 Å². The van der Waals surface area contributed by atoms with Gasteiger partial charge < -0.3 is 18.9 Å². The SMILES string of the molecule is C.C.C.C.C.C.C.CCCOCCc1cn(CC)nn1.CCCOCCc1cn(CC)nn1.CCCOCCn1cc(CC)nn1.CCCOCCn1cc(CC)nn1.CCc1cn(CC)nn1.CCc1cn(CC)nn1. The van der Waals surface area contributed by atoms with Crippen molar-refractivity contribution in [3.63, 3.8) is 0 Å². The monoisotopic (exact) mass is 1090 g/mol. The third-order valence-electron chi connectivity index (χ3n) is 9.59. The zero-order valence-corrected chi connectivity index (χ0v) is 45.1. The molecule has 0 unspecified atom stereocenters. The van der Waals surface area contributed by atoms with E-state index in [2.05, 4.69) is 117 Å². The molecule has 22 heteroatoms. The van der Waals surface area contributed by atoms with Crippen LogP contribution < -0.4 is 0 Å². The van der Waals surface area contributed by atoms with Gasteiger partial charge in [0.1, 0.15) is 0 Å². The summed E-state index contributed by atoms with van der Waals surface area (Å²) in [5, 5.41) is 47.4. The van der Waals surface area contributed by atoms with Crippen LogP contribution in [0.15, 0.2) is 37.2 Å². The Bertz CT molecular complexity index is 1760. The first kappa shape index (κ1) is 85.6. The minimum Gasteiger partial charge on any atom is -0.381 e. The van der Waals surface area contributed by atoms with Crippen molar-refractivity contribution in [3.8, 4) is 0 Å².